The van der Waals surface area contributed by atoms with Gasteiger partial charge in [-0.3, -0.25) is 0 Å². The maximum atomic E-state index is 4.23. The van der Waals surface area contributed by atoms with Gasteiger partial charge in [-0.2, -0.15) is 0 Å². The molecule has 0 bridgehead atoms. The van der Waals surface area contributed by atoms with E-state index in [-0.39, 0.29) is 0 Å². The Kier molecular flexibility index (Phi) is 6.51. The average Bonchev–Trinajstić information content (AvgIpc) is 3.61. The zero-order valence-corrected chi connectivity index (χ0v) is 26.7. The number of anilines is 3. The topological polar surface area (TPSA) is 13.1 Å². The third kappa shape index (κ3) is 4.01. The number of benzene rings is 6. The fraction of sp³-hybridized carbons (Fsp3) is 0.0222. The van der Waals surface area contributed by atoms with Crippen LogP contribution in [0.25, 0.3) is 67.7 Å². The van der Waals surface area contributed by atoms with Crippen molar-refractivity contribution in [2.45, 2.75) is 6.92 Å². The molecule has 2 aromatic heterocycles. The van der Waals surface area contributed by atoms with E-state index in [1.165, 1.54) is 38.7 Å². The first kappa shape index (κ1) is 27.9. The van der Waals surface area contributed by atoms with Gasteiger partial charge in [-0.05, 0) is 61.5 Å². The summed E-state index contributed by atoms with van der Waals surface area (Å²) in [5.74, 6) is 0. The molecular weight excluding hydrogens is 583 g/mol. The molecule has 0 saturated heterocycles. The van der Waals surface area contributed by atoms with Gasteiger partial charge in [0, 0.05) is 38.7 Å². The van der Waals surface area contributed by atoms with Crippen LogP contribution in [0.4, 0.5) is 17.1 Å². The Balaban J connectivity index is 1.41. The van der Waals surface area contributed by atoms with E-state index in [2.05, 4.69) is 191 Å². The van der Waals surface area contributed by atoms with Crippen molar-refractivity contribution in [3.63, 3.8) is 0 Å². The van der Waals surface area contributed by atoms with Gasteiger partial charge >= 0.3 is 0 Å². The lowest BCUT2D eigenvalue weighted by Crippen LogP contribution is -2.14. The SMILES string of the molecule is C=Cc1c(/C=C\C)n(-c2ccccc2N2c3ccccc3-c3c(n(-c4ccccc4)c4ccccc34)-c3ccccc32)c2ccccc12. The van der Waals surface area contributed by atoms with Crippen molar-refractivity contribution in [3.8, 4) is 33.8 Å². The summed E-state index contributed by atoms with van der Waals surface area (Å²) >= 11 is 0. The lowest BCUT2D eigenvalue weighted by Gasteiger charge is -2.30. The molecule has 48 heavy (non-hydrogen) atoms. The molecule has 0 unspecified atom stereocenters. The highest BCUT2D eigenvalue weighted by Gasteiger charge is 2.32. The second kappa shape index (κ2) is 11.2. The fourth-order valence-corrected chi connectivity index (χ4v) is 7.67. The molecule has 3 nitrogen and oxygen atoms in total. The van der Waals surface area contributed by atoms with Gasteiger partial charge in [0.15, 0.2) is 0 Å². The van der Waals surface area contributed by atoms with Gasteiger partial charge in [-0.1, -0.05) is 122 Å². The van der Waals surface area contributed by atoms with Crippen molar-refractivity contribution in [3.05, 3.63) is 176 Å². The highest BCUT2D eigenvalue weighted by Crippen LogP contribution is 2.55. The van der Waals surface area contributed by atoms with E-state index < -0.39 is 0 Å². The van der Waals surface area contributed by atoms with Crippen LogP contribution in [0.3, 0.4) is 0 Å². The van der Waals surface area contributed by atoms with Crippen molar-refractivity contribution in [1.82, 2.24) is 9.13 Å². The number of hydrogen-bond donors (Lipinski definition) is 0. The normalized spacial score (nSPS) is 12.2. The quantitative estimate of drug-likeness (QED) is 0.188. The molecule has 8 aromatic rings. The van der Waals surface area contributed by atoms with E-state index in [0.717, 1.165) is 45.2 Å². The lowest BCUT2D eigenvalue weighted by atomic mass is 9.98. The van der Waals surface area contributed by atoms with Gasteiger partial charge in [0.2, 0.25) is 0 Å². The van der Waals surface area contributed by atoms with Crippen LogP contribution >= 0.6 is 0 Å². The molecule has 0 radical (unpaired) electrons. The van der Waals surface area contributed by atoms with Gasteiger partial charge < -0.3 is 14.0 Å². The summed E-state index contributed by atoms with van der Waals surface area (Å²) < 4.78 is 4.83. The molecule has 1 aliphatic heterocycles. The first-order valence-corrected chi connectivity index (χ1v) is 16.5. The van der Waals surface area contributed by atoms with Crippen LogP contribution in [0.2, 0.25) is 0 Å². The predicted molar refractivity (Wildman–Crippen MR) is 204 cm³/mol. The van der Waals surface area contributed by atoms with Crippen molar-refractivity contribution in [2.75, 3.05) is 4.90 Å². The Hall–Kier alpha value is -6.32. The molecule has 3 heteroatoms. The molecule has 0 fully saturated rings. The summed E-state index contributed by atoms with van der Waals surface area (Å²) in [6.07, 6.45) is 6.29. The minimum atomic E-state index is 1.10. The van der Waals surface area contributed by atoms with E-state index >= 15 is 0 Å². The Morgan fingerprint density at radius 2 is 1.04 bits per heavy atom. The highest BCUT2D eigenvalue weighted by molar-refractivity contribution is 6.13. The van der Waals surface area contributed by atoms with E-state index in [9.17, 15) is 0 Å². The molecule has 228 valence electrons. The Labute approximate surface area is 280 Å². The fourth-order valence-electron chi connectivity index (χ4n) is 7.67. The van der Waals surface area contributed by atoms with E-state index in [1.807, 2.05) is 6.08 Å². The maximum absolute atomic E-state index is 4.23. The van der Waals surface area contributed by atoms with Crippen LogP contribution in [0, 0.1) is 0 Å². The molecule has 3 heterocycles. The van der Waals surface area contributed by atoms with Gasteiger partial charge in [-0.15, -0.1) is 0 Å². The maximum Gasteiger partial charge on any atom is 0.0702 e. The second-order valence-electron chi connectivity index (χ2n) is 12.1. The summed E-state index contributed by atoms with van der Waals surface area (Å²) in [6.45, 7) is 6.31. The number of para-hydroxylation sites is 7. The number of allylic oxidation sites excluding steroid dienone is 1. The second-order valence-corrected chi connectivity index (χ2v) is 12.1. The highest BCUT2D eigenvalue weighted by atomic mass is 15.2. The minimum absolute atomic E-state index is 1.10. The van der Waals surface area contributed by atoms with Crippen LogP contribution in [-0.2, 0) is 0 Å². The van der Waals surface area contributed by atoms with Crippen molar-refractivity contribution >= 4 is 51.0 Å². The average molecular weight is 616 g/mol. The number of fused-ring (bicyclic) bond motifs is 8. The molecule has 1 aliphatic rings. The lowest BCUT2D eigenvalue weighted by molar-refractivity contribution is 1.09. The summed E-state index contributed by atoms with van der Waals surface area (Å²) in [5, 5.41) is 2.42. The summed E-state index contributed by atoms with van der Waals surface area (Å²) in [6, 6.07) is 54.7. The van der Waals surface area contributed by atoms with Crippen molar-refractivity contribution < 1.29 is 0 Å². The molecule has 9 rings (SSSR count). The monoisotopic (exact) mass is 615 g/mol. The van der Waals surface area contributed by atoms with Gasteiger partial charge in [-0.25, -0.2) is 0 Å². The van der Waals surface area contributed by atoms with Crippen LogP contribution in [0.5, 0.6) is 0 Å². The van der Waals surface area contributed by atoms with Crippen LogP contribution in [-0.4, -0.2) is 9.13 Å². The zero-order valence-electron chi connectivity index (χ0n) is 26.7. The molecule has 0 spiro atoms. The molecule has 0 amide bonds. The zero-order chi connectivity index (χ0) is 32.2. The van der Waals surface area contributed by atoms with Crippen molar-refractivity contribution in [1.29, 1.82) is 0 Å². The van der Waals surface area contributed by atoms with Crippen LogP contribution in [0.1, 0.15) is 18.2 Å². The van der Waals surface area contributed by atoms with E-state index in [0.29, 0.717) is 0 Å². The third-order valence-corrected chi connectivity index (χ3v) is 9.55. The van der Waals surface area contributed by atoms with Gasteiger partial charge in [0.1, 0.15) is 0 Å². The molecule has 0 N–H and O–H groups in total. The molecular formula is C45H33N3. The summed E-state index contributed by atoms with van der Waals surface area (Å²) in [4.78, 5) is 2.46. The van der Waals surface area contributed by atoms with Gasteiger partial charge in [0.05, 0.1) is 45.2 Å². The first-order chi connectivity index (χ1) is 23.8. The van der Waals surface area contributed by atoms with E-state index in [1.54, 1.807) is 0 Å². The molecule has 0 saturated carbocycles. The first-order valence-electron chi connectivity index (χ1n) is 16.5. The Morgan fingerprint density at radius 3 is 1.75 bits per heavy atom. The van der Waals surface area contributed by atoms with Crippen LogP contribution < -0.4 is 4.90 Å². The molecule has 0 aliphatic carbocycles. The number of aromatic nitrogens is 2. The summed E-state index contributed by atoms with van der Waals surface area (Å²) in [5.41, 5.74) is 15.0. The number of rotatable bonds is 5. The van der Waals surface area contributed by atoms with Crippen molar-refractivity contribution in [2.24, 2.45) is 0 Å². The number of nitrogens with zero attached hydrogens (tertiary/aromatic N) is 3. The Bertz CT molecular complexity index is 2540. The van der Waals surface area contributed by atoms with Crippen LogP contribution in [0.15, 0.2) is 164 Å². The smallest absolute Gasteiger partial charge is 0.0702 e. The largest absolute Gasteiger partial charge is 0.309 e. The van der Waals surface area contributed by atoms with E-state index in [4.69, 9.17) is 0 Å². The molecule has 0 atom stereocenters. The Morgan fingerprint density at radius 1 is 0.500 bits per heavy atom. The minimum Gasteiger partial charge on any atom is -0.309 e. The third-order valence-electron chi connectivity index (χ3n) is 9.55. The predicted octanol–water partition coefficient (Wildman–Crippen LogP) is 12.4. The number of hydrogen-bond acceptors (Lipinski definition) is 1. The molecule has 6 aromatic carbocycles. The summed E-state index contributed by atoms with van der Waals surface area (Å²) in [7, 11) is 0. The standard InChI is InChI=1S/C45H33N3/c1-3-18-37-32(4-2)33-21-8-12-25-38(33)47(37)42-29-16-17-30-43(42)48-40-27-14-10-23-35(40)44-34-22-9-13-26-39(34)46(31-19-6-5-7-20-31)45(44)36-24-11-15-28-41(36)48/h3-30H,2H2,1H3/b18-3-. The van der Waals surface area contributed by atoms with Gasteiger partial charge in [0.25, 0.3) is 0 Å².